The van der Waals surface area contributed by atoms with Crippen molar-refractivity contribution in [3.63, 3.8) is 0 Å². The van der Waals surface area contributed by atoms with Gasteiger partial charge in [0.25, 0.3) is 0 Å². The number of benzene rings is 2. The number of thiol groups is 1. The van der Waals surface area contributed by atoms with E-state index in [0.29, 0.717) is 15.6 Å². The van der Waals surface area contributed by atoms with Gasteiger partial charge in [0.05, 0.1) is 0 Å². The van der Waals surface area contributed by atoms with Crippen LogP contribution in [0.3, 0.4) is 0 Å². The SMILES string of the molecule is O=[SH](=O)C(C=Cc1ccc(Cl)cc1)c1ccc(Cl)cc1. The molecular weight excluding hydrogens is 315 g/mol. The molecule has 2 nitrogen and oxygen atoms in total. The van der Waals surface area contributed by atoms with Crippen LogP contribution in [0.25, 0.3) is 6.08 Å². The summed E-state index contributed by atoms with van der Waals surface area (Å²) in [6.07, 6.45) is 3.42. The Morgan fingerprint density at radius 2 is 1.35 bits per heavy atom. The molecule has 0 aliphatic heterocycles. The van der Waals surface area contributed by atoms with Crippen molar-refractivity contribution >= 4 is 40.0 Å². The average Bonchev–Trinajstić information content (AvgIpc) is 2.43. The van der Waals surface area contributed by atoms with Crippen LogP contribution in [0.5, 0.6) is 0 Å². The first-order valence-electron chi connectivity index (χ1n) is 5.89. The van der Waals surface area contributed by atoms with Gasteiger partial charge in [0.1, 0.15) is 5.25 Å². The van der Waals surface area contributed by atoms with Gasteiger partial charge in [-0.05, 0) is 35.4 Å². The molecule has 0 radical (unpaired) electrons. The Kier molecular flexibility index (Phi) is 5.24. The molecule has 0 bridgehead atoms. The predicted octanol–water partition coefficient (Wildman–Crippen LogP) is 4.36. The highest BCUT2D eigenvalue weighted by molar-refractivity contribution is 7.72. The van der Waals surface area contributed by atoms with Crippen LogP contribution in [0.2, 0.25) is 10.0 Å². The topological polar surface area (TPSA) is 34.1 Å². The zero-order valence-electron chi connectivity index (χ0n) is 10.4. The second-order valence-corrected chi connectivity index (χ2v) is 6.19. The van der Waals surface area contributed by atoms with E-state index in [4.69, 9.17) is 23.2 Å². The molecule has 1 unspecified atom stereocenters. The van der Waals surface area contributed by atoms with Crippen molar-refractivity contribution in [3.05, 3.63) is 75.8 Å². The predicted molar refractivity (Wildman–Crippen MR) is 85.0 cm³/mol. The zero-order chi connectivity index (χ0) is 14.5. The first-order chi connectivity index (χ1) is 9.56. The monoisotopic (exact) mass is 326 g/mol. The van der Waals surface area contributed by atoms with E-state index in [1.807, 2.05) is 12.1 Å². The highest BCUT2D eigenvalue weighted by atomic mass is 35.5. The number of hydrogen-bond acceptors (Lipinski definition) is 2. The highest BCUT2D eigenvalue weighted by Crippen LogP contribution is 2.22. The lowest BCUT2D eigenvalue weighted by molar-refractivity contribution is 0.609. The van der Waals surface area contributed by atoms with Gasteiger partial charge in [0.2, 0.25) is 0 Å². The van der Waals surface area contributed by atoms with Crippen LogP contribution < -0.4 is 0 Å². The molecular formula is C15H12Cl2O2S. The Hall–Kier alpha value is -1.29. The van der Waals surface area contributed by atoms with Gasteiger partial charge >= 0.3 is 0 Å². The minimum absolute atomic E-state index is 0.579. The molecule has 0 saturated carbocycles. The summed E-state index contributed by atoms with van der Waals surface area (Å²) in [5, 5.41) is 0.555. The summed E-state index contributed by atoms with van der Waals surface area (Å²) in [6.45, 7) is 0. The summed E-state index contributed by atoms with van der Waals surface area (Å²) in [5.41, 5.74) is 1.58. The summed E-state index contributed by atoms with van der Waals surface area (Å²) in [5.74, 6) is 0. The smallest absolute Gasteiger partial charge is 0.150 e. The Bertz CT molecular complexity index is 666. The molecule has 5 heteroatoms. The normalized spacial score (nSPS) is 12.9. The number of halogens is 2. The molecule has 0 fully saturated rings. The van der Waals surface area contributed by atoms with Crippen LogP contribution in [-0.4, -0.2) is 8.42 Å². The molecule has 0 spiro atoms. The van der Waals surface area contributed by atoms with Gasteiger partial charge in [0, 0.05) is 10.0 Å². The fourth-order valence-electron chi connectivity index (χ4n) is 1.74. The summed E-state index contributed by atoms with van der Waals surface area (Å²) in [6, 6.07) is 14.0. The first kappa shape index (κ1) is 15.1. The second-order valence-electron chi connectivity index (χ2n) is 4.19. The third-order valence-corrected chi connectivity index (χ3v) is 4.21. The van der Waals surface area contributed by atoms with Crippen LogP contribution >= 0.6 is 23.2 Å². The van der Waals surface area contributed by atoms with Crippen LogP contribution in [0.15, 0.2) is 54.6 Å². The summed E-state index contributed by atoms with van der Waals surface area (Å²) >= 11 is 11.6. The lowest BCUT2D eigenvalue weighted by atomic mass is 10.1. The van der Waals surface area contributed by atoms with E-state index in [1.165, 1.54) is 0 Å². The molecule has 0 saturated heterocycles. The standard InChI is InChI=1S/C15H12Cl2O2S/c16-13-6-1-11(2-7-13)3-10-15(20(18)19)12-4-8-14(17)9-5-12/h1-10,15,20H. The lowest BCUT2D eigenvalue weighted by Crippen LogP contribution is -1.96. The van der Waals surface area contributed by atoms with E-state index in [1.54, 1.807) is 48.6 Å². The number of rotatable bonds is 4. The van der Waals surface area contributed by atoms with Gasteiger partial charge < -0.3 is 0 Å². The van der Waals surface area contributed by atoms with Gasteiger partial charge in [-0.1, -0.05) is 59.6 Å². The first-order valence-corrected chi connectivity index (χ1v) is 7.89. The molecule has 104 valence electrons. The molecule has 1 atom stereocenters. The van der Waals surface area contributed by atoms with Crippen molar-refractivity contribution in [2.24, 2.45) is 0 Å². The van der Waals surface area contributed by atoms with Gasteiger partial charge in [-0.3, -0.25) is 0 Å². The summed E-state index contributed by atoms with van der Waals surface area (Å²) in [4.78, 5) is 0. The minimum atomic E-state index is -2.61. The summed E-state index contributed by atoms with van der Waals surface area (Å²) < 4.78 is 22.8. The van der Waals surface area contributed by atoms with Crippen molar-refractivity contribution < 1.29 is 8.42 Å². The zero-order valence-corrected chi connectivity index (χ0v) is 12.8. The molecule has 2 aromatic rings. The number of hydrogen-bond donors (Lipinski definition) is 1. The van der Waals surface area contributed by atoms with Gasteiger partial charge in [-0.2, -0.15) is 0 Å². The molecule has 0 aliphatic rings. The molecule has 0 aliphatic carbocycles. The Morgan fingerprint density at radius 3 is 1.85 bits per heavy atom. The Morgan fingerprint density at radius 1 is 0.850 bits per heavy atom. The fraction of sp³-hybridized carbons (Fsp3) is 0.0667. The van der Waals surface area contributed by atoms with Gasteiger partial charge in [-0.15, -0.1) is 0 Å². The molecule has 0 N–H and O–H groups in total. The van der Waals surface area contributed by atoms with E-state index in [0.717, 1.165) is 5.56 Å². The lowest BCUT2D eigenvalue weighted by Gasteiger charge is -2.06. The summed E-state index contributed by atoms with van der Waals surface area (Å²) in [7, 11) is -2.61. The minimum Gasteiger partial charge on any atom is -0.231 e. The van der Waals surface area contributed by atoms with Crippen molar-refractivity contribution in [2.75, 3.05) is 0 Å². The molecule has 0 heterocycles. The van der Waals surface area contributed by atoms with Crippen molar-refractivity contribution in [1.29, 1.82) is 0 Å². The third-order valence-electron chi connectivity index (χ3n) is 2.78. The van der Waals surface area contributed by atoms with E-state index >= 15 is 0 Å². The van der Waals surface area contributed by atoms with E-state index in [9.17, 15) is 8.42 Å². The van der Waals surface area contributed by atoms with E-state index < -0.39 is 16.0 Å². The second kappa shape index (κ2) is 6.93. The highest BCUT2D eigenvalue weighted by Gasteiger charge is 2.10. The maximum absolute atomic E-state index is 11.4. The molecule has 20 heavy (non-hydrogen) atoms. The third kappa shape index (κ3) is 4.10. The molecule has 2 rings (SSSR count). The quantitative estimate of drug-likeness (QED) is 0.847. The largest absolute Gasteiger partial charge is 0.231 e. The molecule has 0 amide bonds. The van der Waals surface area contributed by atoms with Crippen molar-refractivity contribution in [1.82, 2.24) is 0 Å². The average molecular weight is 327 g/mol. The van der Waals surface area contributed by atoms with Crippen LogP contribution in [0.4, 0.5) is 0 Å². The van der Waals surface area contributed by atoms with Crippen LogP contribution in [0.1, 0.15) is 16.4 Å². The Labute approximate surface area is 129 Å². The fourth-order valence-corrected chi connectivity index (χ4v) is 2.63. The van der Waals surface area contributed by atoms with Crippen LogP contribution in [0, 0.1) is 0 Å². The van der Waals surface area contributed by atoms with E-state index in [2.05, 4.69) is 0 Å². The Balaban J connectivity index is 2.26. The maximum Gasteiger partial charge on any atom is 0.150 e. The maximum atomic E-state index is 11.4. The van der Waals surface area contributed by atoms with Crippen molar-refractivity contribution in [2.45, 2.75) is 5.25 Å². The van der Waals surface area contributed by atoms with Crippen LogP contribution in [-0.2, 0) is 10.7 Å². The molecule has 2 aromatic carbocycles. The van der Waals surface area contributed by atoms with Gasteiger partial charge in [0.15, 0.2) is 10.7 Å². The van der Waals surface area contributed by atoms with Crippen molar-refractivity contribution in [3.8, 4) is 0 Å². The van der Waals surface area contributed by atoms with E-state index in [-0.39, 0.29) is 0 Å². The van der Waals surface area contributed by atoms with Gasteiger partial charge in [-0.25, -0.2) is 8.42 Å². The molecule has 0 aromatic heterocycles.